The van der Waals surface area contributed by atoms with E-state index in [1.165, 1.54) is 28.7 Å². The molecule has 0 spiro atoms. The van der Waals surface area contributed by atoms with Crippen LogP contribution >= 0.6 is 11.8 Å². The zero-order chi connectivity index (χ0) is 15.4. The molecule has 112 valence electrons. The summed E-state index contributed by atoms with van der Waals surface area (Å²) >= 11 is 1.83. The van der Waals surface area contributed by atoms with E-state index >= 15 is 0 Å². The van der Waals surface area contributed by atoms with Crippen LogP contribution in [0.1, 0.15) is 23.6 Å². The van der Waals surface area contributed by atoms with E-state index in [0.29, 0.717) is 0 Å². The van der Waals surface area contributed by atoms with Gasteiger partial charge in [-0.1, -0.05) is 30.3 Å². The summed E-state index contributed by atoms with van der Waals surface area (Å²) in [5.74, 6) is 0.595. The molecule has 22 heavy (non-hydrogen) atoms. The van der Waals surface area contributed by atoms with E-state index < -0.39 is 0 Å². The lowest BCUT2D eigenvalue weighted by Crippen LogP contribution is -2.29. The summed E-state index contributed by atoms with van der Waals surface area (Å²) in [4.78, 5) is 13.3. The molecule has 0 unspecified atom stereocenters. The van der Waals surface area contributed by atoms with Crippen molar-refractivity contribution >= 4 is 23.7 Å². The molecule has 1 heterocycles. The van der Waals surface area contributed by atoms with Gasteiger partial charge in [0.05, 0.1) is 6.04 Å². The second-order valence-electron chi connectivity index (χ2n) is 5.12. The van der Waals surface area contributed by atoms with Gasteiger partial charge in [-0.05, 0) is 41.8 Å². The van der Waals surface area contributed by atoms with Crippen molar-refractivity contribution in [2.24, 2.45) is 0 Å². The Morgan fingerprint density at radius 3 is 2.77 bits per heavy atom. The van der Waals surface area contributed by atoms with Crippen LogP contribution in [0.15, 0.2) is 59.5 Å². The number of hydrogen-bond donors (Lipinski definition) is 1. The van der Waals surface area contributed by atoms with Crippen LogP contribution in [0.5, 0.6) is 0 Å². The zero-order valence-electron chi connectivity index (χ0n) is 12.0. The molecule has 0 bridgehead atoms. The van der Waals surface area contributed by atoms with Crippen molar-refractivity contribution in [3.63, 3.8) is 0 Å². The predicted octanol–water partition coefficient (Wildman–Crippen LogP) is 4.19. The van der Waals surface area contributed by atoms with Crippen molar-refractivity contribution in [1.29, 1.82) is 0 Å². The maximum absolute atomic E-state index is 12.8. The molecular weight excluding hydrogens is 297 g/mol. The van der Waals surface area contributed by atoms with Crippen LogP contribution < -0.4 is 5.32 Å². The third kappa shape index (κ3) is 3.57. The largest absolute Gasteiger partial charge is 0.346 e. The second kappa shape index (κ2) is 6.79. The molecule has 1 N–H and O–H groups in total. The molecule has 1 atom stereocenters. The Morgan fingerprint density at radius 2 is 1.95 bits per heavy atom. The van der Waals surface area contributed by atoms with Crippen molar-refractivity contribution < 1.29 is 9.18 Å². The molecule has 1 aliphatic rings. The number of carbonyl (C=O) groups is 1. The molecule has 0 radical (unpaired) electrons. The van der Waals surface area contributed by atoms with Crippen LogP contribution in [0, 0.1) is 5.82 Å². The average molecular weight is 313 g/mol. The number of rotatable bonds is 3. The number of halogens is 1. The first kappa shape index (κ1) is 14.9. The third-order valence-electron chi connectivity index (χ3n) is 3.57. The molecule has 4 heteroatoms. The lowest BCUT2D eigenvalue weighted by atomic mass is 10.0. The normalized spacial score (nSPS) is 17.2. The van der Waals surface area contributed by atoms with Crippen molar-refractivity contribution in [2.75, 3.05) is 5.75 Å². The van der Waals surface area contributed by atoms with E-state index in [9.17, 15) is 9.18 Å². The summed E-state index contributed by atoms with van der Waals surface area (Å²) in [6.07, 6.45) is 4.12. The first-order valence-corrected chi connectivity index (χ1v) is 8.17. The fourth-order valence-corrected chi connectivity index (χ4v) is 3.58. The summed E-state index contributed by atoms with van der Waals surface area (Å²) in [6.45, 7) is 0. The molecule has 0 saturated heterocycles. The molecule has 0 fully saturated rings. The summed E-state index contributed by atoms with van der Waals surface area (Å²) in [5, 5.41) is 3.04. The SMILES string of the molecule is O=C(/C=C/c1ccc(F)cc1)N[C@@H]1CCSc2ccccc21. The molecule has 2 nitrogen and oxygen atoms in total. The minimum Gasteiger partial charge on any atom is -0.346 e. The Bertz CT molecular complexity index is 696. The van der Waals surface area contributed by atoms with Gasteiger partial charge in [0.1, 0.15) is 5.82 Å². The third-order valence-corrected chi connectivity index (χ3v) is 4.69. The van der Waals surface area contributed by atoms with Crippen LogP contribution in [-0.2, 0) is 4.79 Å². The van der Waals surface area contributed by atoms with Crippen LogP contribution in [0.25, 0.3) is 6.08 Å². The van der Waals surface area contributed by atoms with Gasteiger partial charge in [0, 0.05) is 16.7 Å². The molecule has 1 aliphatic heterocycles. The predicted molar refractivity (Wildman–Crippen MR) is 88.1 cm³/mol. The molecule has 0 aliphatic carbocycles. The van der Waals surface area contributed by atoms with Crippen LogP contribution in [-0.4, -0.2) is 11.7 Å². The maximum atomic E-state index is 12.8. The lowest BCUT2D eigenvalue weighted by molar-refractivity contribution is -0.117. The van der Waals surface area contributed by atoms with Crippen molar-refractivity contribution in [2.45, 2.75) is 17.4 Å². The quantitative estimate of drug-likeness (QED) is 0.861. The van der Waals surface area contributed by atoms with Crippen LogP contribution in [0.2, 0.25) is 0 Å². The van der Waals surface area contributed by atoms with Crippen LogP contribution in [0.3, 0.4) is 0 Å². The molecular formula is C18H16FNOS. The van der Waals surface area contributed by atoms with Gasteiger partial charge in [-0.15, -0.1) is 11.8 Å². The van der Waals surface area contributed by atoms with Gasteiger partial charge in [-0.3, -0.25) is 4.79 Å². The van der Waals surface area contributed by atoms with Gasteiger partial charge in [0.25, 0.3) is 0 Å². The first-order valence-electron chi connectivity index (χ1n) is 7.18. The average Bonchev–Trinajstić information content (AvgIpc) is 2.55. The Morgan fingerprint density at radius 1 is 1.18 bits per heavy atom. The fraction of sp³-hybridized carbons (Fsp3) is 0.167. The van der Waals surface area contributed by atoms with Gasteiger partial charge in [-0.25, -0.2) is 4.39 Å². The first-order chi connectivity index (χ1) is 10.7. The van der Waals surface area contributed by atoms with Gasteiger partial charge in [0.15, 0.2) is 0 Å². The van der Waals surface area contributed by atoms with E-state index in [0.717, 1.165) is 17.7 Å². The monoisotopic (exact) mass is 313 g/mol. The Labute approximate surface area is 133 Å². The second-order valence-corrected chi connectivity index (χ2v) is 6.26. The lowest BCUT2D eigenvalue weighted by Gasteiger charge is -2.25. The van der Waals surface area contributed by atoms with Crippen molar-refractivity contribution in [3.05, 3.63) is 71.6 Å². The minimum absolute atomic E-state index is 0.0582. The Hall–Kier alpha value is -2.07. The highest BCUT2D eigenvalue weighted by Crippen LogP contribution is 2.35. The topological polar surface area (TPSA) is 29.1 Å². The van der Waals surface area contributed by atoms with Crippen molar-refractivity contribution in [1.82, 2.24) is 5.32 Å². The van der Waals surface area contributed by atoms with E-state index in [-0.39, 0.29) is 17.8 Å². The molecule has 0 aromatic heterocycles. The smallest absolute Gasteiger partial charge is 0.244 e. The molecule has 1 amide bonds. The number of hydrogen-bond acceptors (Lipinski definition) is 2. The molecule has 0 saturated carbocycles. The number of amides is 1. The van der Waals surface area contributed by atoms with Crippen molar-refractivity contribution in [3.8, 4) is 0 Å². The molecule has 2 aromatic carbocycles. The standard InChI is InChI=1S/C18H16FNOS/c19-14-8-5-13(6-9-14)7-10-18(21)20-16-11-12-22-17-4-2-1-3-15(16)17/h1-10,16H,11-12H2,(H,20,21)/b10-7+/t16-/m1/s1. The maximum Gasteiger partial charge on any atom is 0.244 e. The number of nitrogens with one attached hydrogen (secondary N) is 1. The summed E-state index contributed by atoms with van der Waals surface area (Å²) in [5.41, 5.74) is 1.98. The number of carbonyl (C=O) groups excluding carboxylic acids is 1. The fourth-order valence-electron chi connectivity index (χ4n) is 2.46. The summed E-state index contributed by atoms with van der Waals surface area (Å²) in [7, 11) is 0. The Kier molecular flexibility index (Phi) is 4.59. The Balaban J connectivity index is 1.66. The zero-order valence-corrected chi connectivity index (χ0v) is 12.8. The van der Waals surface area contributed by atoms with E-state index in [2.05, 4.69) is 17.4 Å². The van der Waals surface area contributed by atoms with Crippen LogP contribution in [0.4, 0.5) is 4.39 Å². The number of thioether (sulfide) groups is 1. The molecule has 2 aromatic rings. The highest BCUT2D eigenvalue weighted by Gasteiger charge is 2.20. The van der Waals surface area contributed by atoms with E-state index in [1.807, 2.05) is 23.9 Å². The summed E-state index contributed by atoms with van der Waals surface area (Å²) in [6, 6.07) is 14.3. The number of fused-ring (bicyclic) bond motifs is 1. The molecule has 3 rings (SSSR count). The summed E-state index contributed by atoms with van der Waals surface area (Å²) < 4.78 is 12.8. The van der Waals surface area contributed by atoms with Gasteiger partial charge < -0.3 is 5.32 Å². The van der Waals surface area contributed by atoms with E-state index in [1.54, 1.807) is 18.2 Å². The van der Waals surface area contributed by atoms with Gasteiger partial charge in [-0.2, -0.15) is 0 Å². The number of benzene rings is 2. The van der Waals surface area contributed by atoms with Gasteiger partial charge >= 0.3 is 0 Å². The highest BCUT2D eigenvalue weighted by atomic mass is 32.2. The highest BCUT2D eigenvalue weighted by molar-refractivity contribution is 7.99. The van der Waals surface area contributed by atoms with E-state index in [4.69, 9.17) is 0 Å². The van der Waals surface area contributed by atoms with Gasteiger partial charge in [0.2, 0.25) is 5.91 Å². The minimum atomic E-state index is -0.280.